The molecule has 176 valence electrons. The van der Waals surface area contributed by atoms with Gasteiger partial charge in [-0.1, -0.05) is 6.07 Å². The van der Waals surface area contributed by atoms with E-state index in [1.54, 1.807) is 42.5 Å². The van der Waals surface area contributed by atoms with Crippen LogP contribution in [0.25, 0.3) is 5.76 Å². The van der Waals surface area contributed by atoms with Crippen LogP contribution in [0.2, 0.25) is 0 Å². The first-order valence-corrected chi connectivity index (χ1v) is 10.3. The third-order valence-corrected chi connectivity index (χ3v) is 5.34. The molecule has 0 bridgehead atoms. The van der Waals surface area contributed by atoms with Gasteiger partial charge in [-0.3, -0.25) is 9.59 Å². The first-order valence-electron chi connectivity index (χ1n) is 10.3. The maximum absolute atomic E-state index is 13.0. The van der Waals surface area contributed by atoms with E-state index in [1.807, 2.05) is 0 Å². The summed E-state index contributed by atoms with van der Waals surface area (Å²) in [5.74, 6) is -0.358. The van der Waals surface area contributed by atoms with Gasteiger partial charge in [-0.2, -0.15) is 0 Å². The van der Waals surface area contributed by atoms with Crippen molar-refractivity contribution in [2.45, 2.75) is 6.04 Å². The number of carbonyl (C=O) groups excluding carboxylic acids is 2. The largest absolute Gasteiger partial charge is 0.507 e. The minimum absolute atomic E-state index is 0.0421. The van der Waals surface area contributed by atoms with E-state index in [4.69, 9.17) is 24.1 Å². The number of rotatable bonds is 10. The number of benzene rings is 2. The summed E-state index contributed by atoms with van der Waals surface area (Å²) < 4.78 is 21.1. The number of methoxy groups -OCH3 is 3. The van der Waals surface area contributed by atoms with Crippen molar-refractivity contribution in [3.05, 3.63) is 59.2 Å². The monoisotopic (exact) mass is 457 g/mol. The lowest BCUT2D eigenvalue weighted by Crippen LogP contribution is -2.33. The molecule has 0 saturated carbocycles. The number of likely N-dealkylation sites (tertiary alicyclic amines) is 1. The van der Waals surface area contributed by atoms with Crippen molar-refractivity contribution in [1.29, 1.82) is 0 Å². The number of Topliss-reactive ketones (excluding diaryl/α,β-unsaturated/α-hetero) is 1. The molecule has 0 radical (unpaired) electrons. The first kappa shape index (κ1) is 24.1. The molecule has 1 fully saturated rings. The Labute approximate surface area is 191 Å². The average Bonchev–Trinajstić information content (AvgIpc) is 3.10. The van der Waals surface area contributed by atoms with Crippen molar-refractivity contribution >= 4 is 17.4 Å². The topological polar surface area (TPSA) is 115 Å². The van der Waals surface area contributed by atoms with Gasteiger partial charge >= 0.3 is 0 Å². The van der Waals surface area contributed by atoms with Crippen LogP contribution in [0, 0.1) is 0 Å². The maximum atomic E-state index is 13.0. The lowest BCUT2D eigenvalue weighted by Gasteiger charge is -2.26. The minimum Gasteiger partial charge on any atom is -0.507 e. The van der Waals surface area contributed by atoms with E-state index in [-0.39, 0.29) is 37.7 Å². The second kappa shape index (κ2) is 10.8. The molecule has 2 aromatic carbocycles. The Bertz CT molecular complexity index is 1030. The van der Waals surface area contributed by atoms with Gasteiger partial charge in [0.15, 0.2) is 11.5 Å². The van der Waals surface area contributed by atoms with Crippen LogP contribution >= 0.6 is 0 Å². The van der Waals surface area contributed by atoms with E-state index in [0.29, 0.717) is 28.4 Å². The number of carbonyl (C=O) groups is 2. The van der Waals surface area contributed by atoms with Crippen LogP contribution in [0.4, 0.5) is 0 Å². The van der Waals surface area contributed by atoms with E-state index in [1.165, 1.54) is 26.2 Å². The molecule has 1 atom stereocenters. The summed E-state index contributed by atoms with van der Waals surface area (Å²) in [5, 5.41) is 20.0. The summed E-state index contributed by atoms with van der Waals surface area (Å²) >= 11 is 0. The molecule has 1 saturated heterocycles. The second-order valence-corrected chi connectivity index (χ2v) is 7.17. The van der Waals surface area contributed by atoms with E-state index < -0.39 is 17.7 Å². The molecule has 3 rings (SSSR count). The lowest BCUT2D eigenvalue weighted by atomic mass is 9.95. The molecule has 1 unspecified atom stereocenters. The molecule has 0 aromatic heterocycles. The molecular formula is C24H27NO8. The number of hydrogen-bond donors (Lipinski definition) is 2. The molecule has 9 nitrogen and oxygen atoms in total. The molecule has 9 heteroatoms. The normalized spacial score (nSPS) is 17.3. The smallest absolute Gasteiger partial charge is 0.295 e. The zero-order valence-electron chi connectivity index (χ0n) is 18.7. The second-order valence-electron chi connectivity index (χ2n) is 7.17. The summed E-state index contributed by atoms with van der Waals surface area (Å²) in [6.07, 6.45) is 0. The fourth-order valence-electron chi connectivity index (χ4n) is 3.71. The quantitative estimate of drug-likeness (QED) is 0.241. The van der Waals surface area contributed by atoms with Crippen LogP contribution < -0.4 is 14.2 Å². The molecule has 2 aromatic rings. The predicted molar refractivity (Wildman–Crippen MR) is 119 cm³/mol. The Kier molecular flexibility index (Phi) is 7.92. The molecule has 33 heavy (non-hydrogen) atoms. The number of ketones is 1. The molecular weight excluding hydrogens is 430 g/mol. The fraction of sp³-hybridized carbons (Fsp3) is 0.333. The van der Waals surface area contributed by atoms with Crippen molar-refractivity contribution in [2.75, 3.05) is 47.7 Å². The number of aliphatic hydroxyl groups is 2. The summed E-state index contributed by atoms with van der Waals surface area (Å²) in [6.45, 7) is 0.148. The van der Waals surface area contributed by atoms with Crippen LogP contribution in [0.5, 0.6) is 17.2 Å². The third kappa shape index (κ3) is 4.94. The number of nitrogens with zero attached hydrogens (tertiary/aromatic N) is 1. The van der Waals surface area contributed by atoms with Gasteiger partial charge in [0, 0.05) is 12.1 Å². The van der Waals surface area contributed by atoms with Crippen LogP contribution in [0.15, 0.2) is 48.0 Å². The van der Waals surface area contributed by atoms with Gasteiger partial charge in [0.2, 0.25) is 0 Å². The Balaban J connectivity index is 2.11. The van der Waals surface area contributed by atoms with Crippen molar-refractivity contribution in [1.82, 2.24) is 4.90 Å². The van der Waals surface area contributed by atoms with E-state index in [9.17, 15) is 14.7 Å². The number of hydrogen-bond acceptors (Lipinski definition) is 8. The fourth-order valence-corrected chi connectivity index (χ4v) is 3.71. The molecule has 1 aliphatic rings. The molecule has 0 spiro atoms. The Morgan fingerprint density at radius 3 is 2.24 bits per heavy atom. The summed E-state index contributed by atoms with van der Waals surface area (Å²) in [4.78, 5) is 27.3. The van der Waals surface area contributed by atoms with Crippen LogP contribution in [0.1, 0.15) is 17.2 Å². The average molecular weight is 457 g/mol. The summed E-state index contributed by atoms with van der Waals surface area (Å²) in [5.41, 5.74) is 0.888. The summed E-state index contributed by atoms with van der Waals surface area (Å²) in [7, 11) is 4.51. The number of amides is 1. The first-order chi connectivity index (χ1) is 16.0. The number of aliphatic hydroxyl groups excluding tert-OH is 2. The van der Waals surface area contributed by atoms with Crippen LogP contribution in [-0.4, -0.2) is 74.5 Å². The highest BCUT2D eigenvalue weighted by atomic mass is 16.5. The van der Waals surface area contributed by atoms with E-state index >= 15 is 0 Å². The van der Waals surface area contributed by atoms with Crippen LogP contribution in [-0.2, 0) is 14.3 Å². The third-order valence-electron chi connectivity index (χ3n) is 5.34. The zero-order chi connectivity index (χ0) is 24.0. The summed E-state index contributed by atoms with van der Waals surface area (Å²) in [6, 6.07) is 10.7. The standard InChI is InChI=1S/C24H27NO8/c1-30-17-7-4-15(5-8-17)22(27)20-21(16-6-9-18(31-2)19(14-16)32-3)25(24(29)23(20)28)10-12-33-13-11-26/h4-9,14,21,26-27H,10-13H2,1-3H3. The van der Waals surface area contributed by atoms with Gasteiger partial charge in [-0.15, -0.1) is 0 Å². The van der Waals surface area contributed by atoms with Crippen LogP contribution in [0.3, 0.4) is 0 Å². The molecule has 2 N–H and O–H groups in total. The molecule has 0 aliphatic carbocycles. The maximum Gasteiger partial charge on any atom is 0.295 e. The molecule has 1 heterocycles. The number of ether oxygens (including phenoxy) is 4. The molecule has 1 aliphatic heterocycles. The van der Waals surface area contributed by atoms with Gasteiger partial charge in [-0.25, -0.2) is 0 Å². The van der Waals surface area contributed by atoms with Crippen molar-refractivity contribution in [3.63, 3.8) is 0 Å². The van der Waals surface area contributed by atoms with Crippen molar-refractivity contribution < 1.29 is 38.7 Å². The Morgan fingerprint density at radius 1 is 0.939 bits per heavy atom. The van der Waals surface area contributed by atoms with Gasteiger partial charge in [0.05, 0.1) is 52.8 Å². The predicted octanol–water partition coefficient (Wildman–Crippen LogP) is 2.14. The van der Waals surface area contributed by atoms with E-state index in [2.05, 4.69) is 0 Å². The van der Waals surface area contributed by atoms with Gasteiger partial charge in [-0.05, 0) is 42.0 Å². The highest BCUT2D eigenvalue weighted by Gasteiger charge is 2.46. The minimum atomic E-state index is -0.871. The van der Waals surface area contributed by atoms with Gasteiger partial charge < -0.3 is 34.1 Å². The Hall–Kier alpha value is -3.56. The van der Waals surface area contributed by atoms with E-state index in [0.717, 1.165) is 0 Å². The highest BCUT2D eigenvalue weighted by molar-refractivity contribution is 6.46. The molecule has 1 amide bonds. The highest BCUT2D eigenvalue weighted by Crippen LogP contribution is 2.41. The van der Waals surface area contributed by atoms with Gasteiger partial charge in [0.25, 0.3) is 11.7 Å². The van der Waals surface area contributed by atoms with Crippen molar-refractivity contribution in [2.24, 2.45) is 0 Å². The van der Waals surface area contributed by atoms with Gasteiger partial charge in [0.1, 0.15) is 11.5 Å². The SMILES string of the molecule is COc1ccc(C(O)=C2C(=O)C(=O)N(CCOCCO)C2c2ccc(OC)c(OC)c2)cc1. The lowest BCUT2D eigenvalue weighted by molar-refractivity contribution is -0.140. The Morgan fingerprint density at radius 2 is 1.64 bits per heavy atom. The zero-order valence-corrected chi connectivity index (χ0v) is 18.7. The van der Waals surface area contributed by atoms with Crippen molar-refractivity contribution in [3.8, 4) is 17.2 Å².